The predicted molar refractivity (Wildman–Crippen MR) is 128 cm³/mol. The highest BCUT2D eigenvalue weighted by molar-refractivity contribution is 5.94. The number of nitrogens with zero attached hydrogens (tertiary/aromatic N) is 2. The summed E-state index contributed by atoms with van der Waals surface area (Å²) in [5, 5.41) is 6.88. The first-order valence-corrected chi connectivity index (χ1v) is 11.8. The van der Waals surface area contributed by atoms with Crippen molar-refractivity contribution in [2.75, 3.05) is 13.1 Å². The molecular formula is C27H31N3O4. The highest BCUT2D eigenvalue weighted by atomic mass is 16.5. The van der Waals surface area contributed by atoms with Crippen LogP contribution in [0, 0.1) is 13.8 Å². The summed E-state index contributed by atoms with van der Waals surface area (Å²) in [4.78, 5) is 26.9. The minimum absolute atomic E-state index is 0.0575. The molecule has 1 saturated heterocycles. The monoisotopic (exact) mass is 461 g/mol. The molecule has 3 aromatic rings. The number of carbonyl (C=O) groups is 2. The van der Waals surface area contributed by atoms with Crippen LogP contribution in [0.2, 0.25) is 0 Å². The van der Waals surface area contributed by atoms with Gasteiger partial charge in [0.2, 0.25) is 5.91 Å². The molecule has 0 radical (unpaired) electrons. The van der Waals surface area contributed by atoms with E-state index in [4.69, 9.17) is 9.26 Å². The molecule has 0 unspecified atom stereocenters. The lowest BCUT2D eigenvalue weighted by Crippen LogP contribution is -2.35. The molecule has 7 nitrogen and oxygen atoms in total. The number of aryl methyl sites for hydroxylation is 2. The molecular weight excluding hydrogens is 430 g/mol. The molecule has 1 aromatic heterocycles. The van der Waals surface area contributed by atoms with Crippen LogP contribution >= 0.6 is 0 Å². The highest BCUT2D eigenvalue weighted by Gasteiger charge is 2.18. The zero-order valence-electron chi connectivity index (χ0n) is 19.8. The number of likely N-dealkylation sites (tertiary alicyclic amines) is 1. The van der Waals surface area contributed by atoms with Crippen LogP contribution in [-0.4, -0.2) is 35.0 Å². The van der Waals surface area contributed by atoms with Crippen LogP contribution in [0.3, 0.4) is 0 Å². The Morgan fingerprint density at radius 1 is 0.971 bits per heavy atom. The van der Waals surface area contributed by atoms with E-state index in [2.05, 4.69) is 10.5 Å². The third-order valence-electron chi connectivity index (χ3n) is 6.19. The topological polar surface area (TPSA) is 84.7 Å². The summed E-state index contributed by atoms with van der Waals surface area (Å²) in [7, 11) is 0. The summed E-state index contributed by atoms with van der Waals surface area (Å²) in [6.07, 6.45) is 3.64. The van der Waals surface area contributed by atoms with Gasteiger partial charge in [-0.25, -0.2) is 0 Å². The SMILES string of the molecule is Cc1noc(C)c1COc1ccc(CC(=O)NCc2ccc(C(=O)N3CCCCC3)cc2)cc1. The lowest BCUT2D eigenvalue weighted by molar-refractivity contribution is -0.120. The van der Waals surface area contributed by atoms with Gasteiger partial charge in [-0.15, -0.1) is 0 Å². The number of rotatable bonds is 8. The number of piperidine rings is 1. The van der Waals surface area contributed by atoms with Gasteiger partial charge in [0.1, 0.15) is 18.1 Å². The van der Waals surface area contributed by atoms with Crippen LogP contribution in [0.5, 0.6) is 5.75 Å². The number of hydrogen-bond acceptors (Lipinski definition) is 5. The molecule has 2 amide bonds. The summed E-state index contributed by atoms with van der Waals surface area (Å²) in [5.41, 5.74) is 4.35. The molecule has 0 aliphatic carbocycles. The molecule has 34 heavy (non-hydrogen) atoms. The smallest absolute Gasteiger partial charge is 0.253 e. The molecule has 1 N–H and O–H groups in total. The molecule has 2 aromatic carbocycles. The number of benzene rings is 2. The highest BCUT2D eigenvalue weighted by Crippen LogP contribution is 2.18. The summed E-state index contributed by atoms with van der Waals surface area (Å²) >= 11 is 0. The fourth-order valence-electron chi connectivity index (χ4n) is 4.06. The van der Waals surface area contributed by atoms with Crippen molar-refractivity contribution in [1.82, 2.24) is 15.4 Å². The largest absolute Gasteiger partial charge is 0.489 e. The maximum absolute atomic E-state index is 12.6. The van der Waals surface area contributed by atoms with Gasteiger partial charge in [-0.2, -0.15) is 0 Å². The second-order valence-electron chi connectivity index (χ2n) is 8.74. The Hall–Kier alpha value is -3.61. The van der Waals surface area contributed by atoms with E-state index in [0.29, 0.717) is 18.7 Å². The van der Waals surface area contributed by atoms with E-state index in [0.717, 1.165) is 59.8 Å². The maximum atomic E-state index is 12.6. The molecule has 7 heteroatoms. The van der Waals surface area contributed by atoms with Crippen molar-refractivity contribution < 1.29 is 18.8 Å². The summed E-state index contributed by atoms with van der Waals surface area (Å²) in [5.74, 6) is 1.52. The molecule has 1 aliphatic heterocycles. The van der Waals surface area contributed by atoms with Crippen LogP contribution in [-0.2, 0) is 24.4 Å². The second-order valence-corrected chi connectivity index (χ2v) is 8.74. The first-order chi connectivity index (χ1) is 16.5. The van der Waals surface area contributed by atoms with E-state index in [9.17, 15) is 9.59 Å². The molecule has 4 rings (SSSR count). The average Bonchev–Trinajstić information content (AvgIpc) is 3.19. The third-order valence-corrected chi connectivity index (χ3v) is 6.19. The third kappa shape index (κ3) is 6.04. The van der Waals surface area contributed by atoms with Crippen LogP contribution in [0.1, 0.15) is 57.8 Å². The minimum atomic E-state index is -0.0575. The first kappa shape index (κ1) is 23.5. The Kier molecular flexibility index (Phi) is 7.62. The van der Waals surface area contributed by atoms with Gasteiger partial charge in [0.05, 0.1) is 17.7 Å². The molecule has 0 saturated carbocycles. The van der Waals surface area contributed by atoms with Crippen LogP contribution in [0.25, 0.3) is 0 Å². The van der Waals surface area contributed by atoms with E-state index in [1.165, 1.54) is 6.42 Å². The fourth-order valence-corrected chi connectivity index (χ4v) is 4.06. The number of carbonyl (C=O) groups excluding carboxylic acids is 2. The summed E-state index contributed by atoms with van der Waals surface area (Å²) in [6, 6.07) is 15.0. The van der Waals surface area contributed by atoms with Gasteiger partial charge in [0, 0.05) is 25.2 Å². The average molecular weight is 462 g/mol. The van der Waals surface area contributed by atoms with Crippen molar-refractivity contribution in [3.8, 4) is 5.75 Å². The molecule has 1 fully saturated rings. The minimum Gasteiger partial charge on any atom is -0.489 e. The molecule has 0 bridgehead atoms. The molecule has 178 valence electrons. The number of hydrogen-bond donors (Lipinski definition) is 1. The lowest BCUT2D eigenvalue weighted by atomic mass is 10.1. The number of amides is 2. The number of aromatic nitrogens is 1. The Labute approximate surface area is 200 Å². The zero-order valence-corrected chi connectivity index (χ0v) is 19.8. The van der Waals surface area contributed by atoms with E-state index < -0.39 is 0 Å². The van der Waals surface area contributed by atoms with Gasteiger partial charge in [-0.1, -0.05) is 29.4 Å². The van der Waals surface area contributed by atoms with E-state index in [-0.39, 0.29) is 18.2 Å². The quantitative estimate of drug-likeness (QED) is 0.539. The van der Waals surface area contributed by atoms with Crippen molar-refractivity contribution in [1.29, 1.82) is 0 Å². The van der Waals surface area contributed by atoms with E-state index in [1.54, 1.807) is 0 Å². The van der Waals surface area contributed by atoms with Gasteiger partial charge >= 0.3 is 0 Å². The van der Waals surface area contributed by atoms with Crippen LogP contribution in [0.15, 0.2) is 53.1 Å². The molecule has 0 atom stereocenters. The number of nitrogens with one attached hydrogen (secondary N) is 1. The lowest BCUT2D eigenvalue weighted by Gasteiger charge is -2.26. The van der Waals surface area contributed by atoms with Crippen LogP contribution in [0.4, 0.5) is 0 Å². The number of ether oxygens (including phenoxy) is 1. The normalized spacial score (nSPS) is 13.5. The molecule has 1 aliphatic rings. The van der Waals surface area contributed by atoms with Crippen molar-refractivity contribution >= 4 is 11.8 Å². The second kappa shape index (κ2) is 11.0. The van der Waals surface area contributed by atoms with Crippen LogP contribution < -0.4 is 10.1 Å². The zero-order chi connectivity index (χ0) is 23.9. The molecule has 2 heterocycles. The summed E-state index contributed by atoms with van der Waals surface area (Å²) < 4.78 is 11.0. The Bertz CT molecular complexity index is 1090. The maximum Gasteiger partial charge on any atom is 0.253 e. The van der Waals surface area contributed by atoms with Crippen molar-refractivity contribution in [2.45, 2.75) is 52.7 Å². The van der Waals surface area contributed by atoms with Crippen molar-refractivity contribution in [3.05, 3.63) is 82.2 Å². The Morgan fingerprint density at radius 3 is 2.29 bits per heavy atom. The van der Waals surface area contributed by atoms with Gasteiger partial charge in [-0.05, 0) is 68.5 Å². The fraction of sp³-hybridized carbons (Fsp3) is 0.370. The van der Waals surface area contributed by atoms with E-state index in [1.807, 2.05) is 67.3 Å². The van der Waals surface area contributed by atoms with Crippen molar-refractivity contribution in [3.63, 3.8) is 0 Å². The van der Waals surface area contributed by atoms with Gasteiger partial charge in [0.25, 0.3) is 5.91 Å². The van der Waals surface area contributed by atoms with Crippen molar-refractivity contribution in [2.24, 2.45) is 0 Å². The van der Waals surface area contributed by atoms with Gasteiger partial charge < -0.3 is 19.5 Å². The Morgan fingerprint density at radius 2 is 1.65 bits per heavy atom. The summed E-state index contributed by atoms with van der Waals surface area (Å²) in [6.45, 7) is 6.25. The van der Waals surface area contributed by atoms with Gasteiger partial charge in [0.15, 0.2) is 0 Å². The predicted octanol–water partition coefficient (Wildman–Crippen LogP) is 4.36. The van der Waals surface area contributed by atoms with E-state index >= 15 is 0 Å². The van der Waals surface area contributed by atoms with Gasteiger partial charge in [-0.3, -0.25) is 9.59 Å². The Balaban J connectivity index is 1.22. The standard InChI is InChI=1S/C27H31N3O4/c1-19-25(20(2)34-29-19)18-33-24-12-8-21(9-13-24)16-26(31)28-17-22-6-10-23(11-7-22)27(32)30-14-4-3-5-15-30/h6-13H,3-5,14-18H2,1-2H3,(H,28,31). The first-order valence-electron chi connectivity index (χ1n) is 11.8. The molecule has 0 spiro atoms.